The number of aromatic nitrogens is 1. The van der Waals surface area contributed by atoms with Gasteiger partial charge in [-0.25, -0.2) is 4.98 Å². The zero-order valence-electron chi connectivity index (χ0n) is 12.1. The first-order valence-electron chi connectivity index (χ1n) is 6.42. The molecular weight excluding hydrogens is 301 g/mol. The molecule has 1 amide bonds. The topological polar surface area (TPSA) is 51.7 Å². The second kappa shape index (κ2) is 8.38. The van der Waals surface area contributed by atoms with Crippen molar-refractivity contribution >= 4 is 5.91 Å². The minimum atomic E-state index is -4.50. The van der Waals surface area contributed by atoms with Gasteiger partial charge in [-0.1, -0.05) is 6.08 Å². The minimum Gasteiger partial charge on any atom is -0.475 e. The summed E-state index contributed by atoms with van der Waals surface area (Å²) in [5.41, 5.74) is -0.0373. The SMILES string of the molecule is C=CCN(CC(F)(F)F)C(=O)c1cccnc1OCCOC. The number of hydrogen-bond donors (Lipinski definition) is 0. The van der Waals surface area contributed by atoms with Gasteiger partial charge >= 0.3 is 6.18 Å². The van der Waals surface area contributed by atoms with Crippen molar-refractivity contribution in [3.63, 3.8) is 0 Å². The van der Waals surface area contributed by atoms with Crippen LogP contribution in [0.1, 0.15) is 10.4 Å². The van der Waals surface area contributed by atoms with Gasteiger partial charge in [0.25, 0.3) is 5.91 Å². The second-order valence-electron chi connectivity index (χ2n) is 4.29. The van der Waals surface area contributed by atoms with Crippen LogP contribution in [0.3, 0.4) is 0 Å². The van der Waals surface area contributed by atoms with Crippen molar-refractivity contribution in [1.82, 2.24) is 9.88 Å². The molecule has 0 atom stereocenters. The number of ether oxygens (including phenoxy) is 2. The lowest BCUT2D eigenvalue weighted by Gasteiger charge is -2.23. The first kappa shape index (κ1) is 18.0. The Morgan fingerprint density at radius 3 is 2.77 bits per heavy atom. The molecule has 0 spiro atoms. The number of pyridine rings is 1. The highest BCUT2D eigenvalue weighted by molar-refractivity contribution is 5.96. The predicted octanol–water partition coefficient (Wildman–Crippen LogP) is 2.30. The van der Waals surface area contributed by atoms with Crippen molar-refractivity contribution in [2.75, 3.05) is 33.4 Å². The lowest BCUT2D eigenvalue weighted by atomic mass is 10.2. The van der Waals surface area contributed by atoms with E-state index in [4.69, 9.17) is 9.47 Å². The fourth-order valence-corrected chi connectivity index (χ4v) is 1.65. The fourth-order valence-electron chi connectivity index (χ4n) is 1.65. The second-order valence-corrected chi connectivity index (χ2v) is 4.29. The van der Waals surface area contributed by atoms with Crippen LogP contribution in [0.25, 0.3) is 0 Å². The number of carbonyl (C=O) groups is 1. The van der Waals surface area contributed by atoms with Gasteiger partial charge in [-0.3, -0.25) is 4.79 Å². The Balaban J connectivity index is 2.95. The quantitative estimate of drug-likeness (QED) is 0.545. The van der Waals surface area contributed by atoms with Crippen LogP contribution in [0.15, 0.2) is 31.0 Å². The van der Waals surface area contributed by atoms with Gasteiger partial charge in [0, 0.05) is 19.9 Å². The molecule has 0 bridgehead atoms. The largest absolute Gasteiger partial charge is 0.475 e. The zero-order chi connectivity index (χ0) is 16.6. The van der Waals surface area contributed by atoms with Gasteiger partial charge in [0.15, 0.2) is 0 Å². The molecule has 5 nitrogen and oxygen atoms in total. The van der Waals surface area contributed by atoms with E-state index in [0.717, 1.165) is 0 Å². The third-order valence-corrected chi connectivity index (χ3v) is 2.53. The Morgan fingerprint density at radius 2 is 2.18 bits per heavy atom. The molecule has 122 valence electrons. The van der Waals surface area contributed by atoms with Crippen LogP contribution >= 0.6 is 0 Å². The van der Waals surface area contributed by atoms with Gasteiger partial charge < -0.3 is 14.4 Å². The lowest BCUT2D eigenvalue weighted by molar-refractivity contribution is -0.139. The number of amides is 1. The maximum atomic E-state index is 12.6. The Labute approximate surface area is 126 Å². The zero-order valence-corrected chi connectivity index (χ0v) is 12.1. The van der Waals surface area contributed by atoms with E-state index in [2.05, 4.69) is 11.6 Å². The van der Waals surface area contributed by atoms with Crippen LogP contribution in [-0.4, -0.2) is 55.4 Å². The van der Waals surface area contributed by atoms with Crippen molar-refractivity contribution in [3.8, 4) is 5.88 Å². The average Bonchev–Trinajstić information content (AvgIpc) is 2.45. The molecule has 0 aliphatic rings. The fraction of sp³-hybridized carbons (Fsp3) is 0.429. The van der Waals surface area contributed by atoms with Crippen molar-refractivity contribution in [2.45, 2.75) is 6.18 Å². The molecule has 1 aromatic heterocycles. The van der Waals surface area contributed by atoms with Gasteiger partial charge in [-0.2, -0.15) is 13.2 Å². The smallest absolute Gasteiger partial charge is 0.406 e. The van der Waals surface area contributed by atoms with E-state index in [1.807, 2.05) is 0 Å². The van der Waals surface area contributed by atoms with Crippen LogP contribution in [0.4, 0.5) is 13.2 Å². The summed E-state index contributed by atoms with van der Waals surface area (Å²) in [6.07, 6.45) is -1.88. The molecule has 1 rings (SSSR count). The van der Waals surface area contributed by atoms with Gasteiger partial charge in [-0.05, 0) is 12.1 Å². The van der Waals surface area contributed by atoms with Crippen molar-refractivity contribution in [1.29, 1.82) is 0 Å². The first-order chi connectivity index (χ1) is 10.4. The number of hydrogen-bond acceptors (Lipinski definition) is 4. The van der Waals surface area contributed by atoms with Crippen LogP contribution in [0, 0.1) is 0 Å². The molecule has 0 saturated heterocycles. The maximum absolute atomic E-state index is 12.6. The molecule has 0 saturated carbocycles. The number of rotatable bonds is 8. The molecule has 0 fully saturated rings. The molecular formula is C14H17F3N2O3. The molecule has 0 aliphatic heterocycles. The van der Waals surface area contributed by atoms with Gasteiger partial charge in [0.2, 0.25) is 5.88 Å². The molecule has 8 heteroatoms. The highest BCUT2D eigenvalue weighted by Gasteiger charge is 2.33. The van der Waals surface area contributed by atoms with Crippen molar-refractivity contribution in [2.24, 2.45) is 0 Å². The molecule has 22 heavy (non-hydrogen) atoms. The number of halogens is 3. The van der Waals surface area contributed by atoms with Crippen molar-refractivity contribution < 1.29 is 27.4 Å². The molecule has 0 radical (unpaired) electrons. The Morgan fingerprint density at radius 1 is 1.45 bits per heavy atom. The molecule has 0 N–H and O–H groups in total. The summed E-state index contributed by atoms with van der Waals surface area (Å²) in [6.45, 7) is 2.16. The third kappa shape index (κ3) is 5.72. The average molecular weight is 318 g/mol. The molecule has 1 aromatic rings. The monoisotopic (exact) mass is 318 g/mol. The predicted molar refractivity (Wildman–Crippen MR) is 73.8 cm³/mol. The van der Waals surface area contributed by atoms with E-state index in [9.17, 15) is 18.0 Å². The van der Waals surface area contributed by atoms with E-state index in [-0.39, 0.29) is 31.2 Å². The summed E-state index contributed by atoms with van der Waals surface area (Å²) in [5.74, 6) is -0.849. The highest BCUT2D eigenvalue weighted by atomic mass is 19.4. The van der Waals surface area contributed by atoms with Gasteiger partial charge in [0.1, 0.15) is 18.7 Å². The van der Waals surface area contributed by atoms with E-state index in [0.29, 0.717) is 4.90 Å². The van der Waals surface area contributed by atoms with Gasteiger partial charge in [0.05, 0.1) is 6.61 Å². The van der Waals surface area contributed by atoms with E-state index in [1.54, 1.807) is 0 Å². The molecule has 0 unspecified atom stereocenters. The summed E-state index contributed by atoms with van der Waals surface area (Å²) in [7, 11) is 1.48. The number of alkyl halides is 3. The number of nitrogens with zero attached hydrogens (tertiary/aromatic N) is 2. The summed E-state index contributed by atoms with van der Waals surface area (Å²) >= 11 is 0. The third-order valence-electron chi connectivity index (χ3n) is 2.53. The van der Waals surface area contributed by atoms with Crippen LogP contribution in [0.2, 0.25) is 0 Å². The van der Waals surface area contributed by atoms with E-state index in [1.165, 1.54) is 31.5 Å². The van der Waals surface area contributed by atoms with Gasteiger partial charge in [-0.15, -0.1) is 6.58 Å². The van der Waals surface area contributed by atoms with Crippen LogP contribution < -0.4 is 4.74 Å². The Bertz CT molecular complexity index is 506. The molecule has 0 aromatic carbocycles. The standard InChI is InChI=1S/C14H17F3N2O3/c1-3-7-19(10-14(15,16)17)13(20)11-5-4-6-18-12(11)22-9-8-21-2/h3-6H,1,7-10H2,2H3. The minimum absolute atomic E-state index is 0.0270. The lowest BCUT2D eigenvalue weighted by Crippen LogP contribution is -2.39. The van der Waals surface area contributed by atoms with E-state index >= 15 is 0 Å². The van der Waals surface area contributed by atoms with Crippen molar-refractivity contribution in [3.05, 3.63) is 36.5 Å². The van der Waals surface area contributed by atoms with Crippen LogP contribution in [-0.2, 0) is 4.74 Å². The summed E-state index contributed by atoms with van der Waals surface area (Å²) < 4.78 is 47.8. The first-order valence-corrected chi connectivity index (χ1v) is 6.42. The summed E-state index contributed by atoms with van der Waals surface area (Å²) in [4.78, 5) is 16.8. The van der Waals surface area contributed by atoms with E-state index < -0.39 is 18.6 Å². The summed E-state index contributed by atoms with van der Waals surface area (Å²) in [5, 5.41) is 0. The Kier molecular flexibility index (Phi) is 6.84. The number of methoxy groups -OCH3 is 1. The highest BCUT2D eigenvalue weighted by Crippen LogP contribution is 2.21. The normalized spacial score (nSPS) is 11.1. The maximum Gasteiger partial charge on any atom is 0.406 e. The number of carbonyl (C=O) groups excluding carboxylic acids is 1. The molecule has 0 aliphatic carbocycles. The Hall–Kier alpha value is -2.09. The summed E-state index contributed by atoms with van der Waals surface area (Å²) in [6, 6.07) is 2.82. The van der Waals surface area contributed by atoms with Crippen LogP contribution in [0.5, 0.6) is 5.88 Å². The molecule has 1 heterocycles.